The molecule has 6 heteroatoms. The fourth-order valence-electron chi connectivity index (χ4n) is 2.64. The third kappa shape index (κ3) is 5.75. The molecule has 0 aliphatic heterocycles. The number of Topliss-reactive ketones (excluding diaryl/α,β-unsaturated/α-hetero) is 1. The Hall–Kier alpha value is -1.43. The van der Waals surface area contributed by atoms with E-state index in [-0.39, 0.29) is 24.2 Å². The summed E-state index contributed by atoms with van der Waals surface area (Å²) in [6, 6.07) is -0.722. The smallest absolute Gasteiger partial charge is 0.324 e. The van der Waals surface area contributed by atoms with Crippen molar-refractivity contribution in [1.29, 1.82) is 0 Å². The van der Waals surface area contributed by atoms with Gasteiger partial charge in [0.1, 0.15) is 12.6 Å². The lowest BCUT2D eigenvalue weighted by Gasteiger charge is -2.27. The van der Waals surface area contributed by atoms with Crippen molar-refractivity contribution in [3.63, 3.8) is 0 Å². The van der Waals surface area contributed by atoms with Gasteiger partial charge in [0.05, 0.1) is 0 Å². The summed E-state index contributed by atoms with van der Waals surface area (Å²) >= 11 is 0. The summed E-state index contributed by atoms with van der Waals surface area (Å²) < 4.78 is 10.1. The molecular formula is C16H27NO5. The highest BCUT2D eigenvalue weighted by Gasteiger charge is 2.32. The molecule has 0 aromatic carbocycles. The molecule has 1 aliphatic rings. The van der Waals surface area contributed by atoms with Crippen LogP contribution >= 0.6 is 0 Å². The van der Waals surface area contributed by atoms with Crippen LogP contribution in [0.2, 0.25) is 0 Å². The van der Waals surface area contributed by atoms with Crippen molar-refractivity contribution in [2.45, 2.75) is 65.0 Å². The molecule has 1 rings (SSSR count). The molecule has 0 heterocycles. The van der Waals surface area contributed by atoms with E-state index in [2.05, 4.69) is 0 Å². The maximum Gasteiger partial charge on any atom is 0.324 e. The molecule has 6 nitrogen and oxygen atoms in total. The summed E-state index contributed by atoms with van der Waals surface area (Å²) in [5.74, 6) is -1.60. The number of carbonyl (C=O) groups excluding carboxylic acids is 3. The van der Waals surface area contributed by atoms with Crippen molar-refractivity contribution in [3.05, 3.63) is 0 Å². The molecule has 1 aliphatic carbocycles. The molecule has 0 aromatic rings. The van der Waals surface area contributed by atoms with Gasteiger partial charge >= 0.3 is 11.9 Å². The van der Waals surface area contributed by atoms with E-state index < -0.39 is 24.1 Å². The number of rotatable bonds is 7. The zero-order valence-corrected chi connectivity index (χ0v) is 13.7. The molecule has 0 radical (unpaired) electrons. The summed E-state index contributed by atoms with van der Waals surface area (Å²) in [5, 5.41) is 0. The first kappa shape index (κ1) is 18.6. The van der Waals surface area contributed by atoms with Gasteiger partial charge in [-0.05, 0) is 18.8 Å². The highest BCUT2D eigenvalue weighted by Crippen LogP contribution is 2.26. The van der Waals surface area contributed by atoms with Crippen molar-refractivity contribution in [1.82, 2.24) is 0 Å². The number of esters is 2. The number of hydrogen-bond acceptors (Lipinski definition) is 6. The van der Waals surface area contributed by atoms with Crippen molar-refractivity contribution < 1.29 is 23.9 Å². The number of carbonyl (C=O) groups is 3. The van der Waals surface area contributed by atoms with Crippen LogP contribution in [0.25, 0.3) is 0 Å². The quantitative estimate of drug-likeness (QED) is 0.717. The minimum atomic E-state index is -1.08. The Morgan fingerprint density at radius 2 is 1.73 bits per heavy atom. The Morgan fingerprint density at radius 3 is 2.23 bits per heavy atom. The fourth-order valence-corrected chi connectivity index (χ4v) is 2.64. The normalized spacial score (nSPS) is 18.6. The predicted molar refractivity (Wildman–Crippen MR) is 80.9 cm³/mol. The SMILES string of the molecule is CC(=O)OCC(OC(=O)C(N)C1CCCCC1)C(=O)C(C)C. The third-order valence-electron chi connectivity index (χ3n) is 4.01. The second kappa shape index (κ2) is 8.88. The largest absolute Gasteiger partial charge is 0.461 e. The van der Waals surface area contributed by atoms with Gasteiger partial charge in [0, 0.05) is 12.8 Å². The van der Waals surface area contributed by atoms with Crippen molar-refractivity contribution in [2.24, 2.45) is 17.6 Å². The molecule has 0 saturated heterocycles. The molecule has 1 saturated carbocycles. The van der Waals surface area contributed by atoms with Crippen LogP contribution < -0.4 is 5.73 Å². The molecular weight excluding hydrogens is 286 g/mol. The lowest BCUT2D eigenvalue weighted by atomic mass is 9.84. The summed E-state index contributed by atoms with van der Waals surface area (Å²) in [4.78, 5) is 35.2. The first-order valence-corrected chi connectivity index (χ1v) is 7.96. The monoisotopic (exact) mass is 313 g/mol. The highest BCUT2D eigenvalue weighted by atomic mass is 16.6. The van der Waals surface area contributed by atoms with Gasteiger partial charge in [0.15, 0.2) is 11.9 Å². The lowest BCUT2D eigenvalue weighted by molar-refractivity contribution is -0.165. The van der Waals surface area contributed by atoms with E-state index in [1.54, 1.807) is 13.8 Å². The molecule has 0 aromatic heterocycles. The van der Waals surface area contributed by atoms with Crippen molar-refractivity contribution in [3.8, 4) is 0 Å². The summed E-state index contributed by atoms with van der Waals surface area (Å²) in [6.07, 6.45) is 4.03. The zero-order valence-electron chi connectivity index (χ0n) is 13.7. The van der Waals surface area contributed by atoms with E-state index in [1.165, 1.54) is 13.3 Å². The summed E-state index contributed by atoms with van der Waals surface area (Å²) in [6.45, 7) is 4.40. The number of ketones is 1. The molecule has 0 amide bonds. The van der Waals surface area contributed by atoms with Gasteiger partial charge in [0.25, 0.3) is 0 Å². The van der Waals surface area contributed by atoms with Crippen LogP contribution in [0.1, 0.15) is 52.9 Å². The zero-order chi connectivity index (χ0) is 16.7. The molecule has 1 fully saturated rings. The second-order valence-electron chi connectivity index (χ2n) is 6.21. The van der Waals surface area contributed by atoms with E-state index in [9.17, 15) is 14.4 Å². The van der Waals surface area contributed by atoms with E-state index in [0.717, 1.165) is 25.7 Å². The van der Waals surface area contributed by atoms with Gasteiger partial charge in [-0.15, -0.1) is 0 Å². The third-order valence-corrected chi connectivity index (χ3v) is 4.01. The van der Waals surface area contributed by atoms with E-state index in [0.29, 0.717) is 0 Å². The van der Waals surface area contributed by atoms with Crippen LogP contribution in [0.3, 0.4) is 0 Å². The van der Waals surface area contributed by atoms with Gasteiger partial charge in [-0.1, -0.05) is 33.1 Å². The Labute approximate surface area is 131 Å². The van der Waals surface area contributed by atoms with Crippen molar-refractivity contribution in [2.75, 3.05) is 6.61 Å². The molecule has 0 bridgehead atoms. The number of ether oxygens (including phenoxy) is 2. The van der Waals surface area contributed by atoms with E-state index in [4.69, 9.17) is 15.2 Å². The second-order valence-corrected chi connectivity index (χ2v) is 6.21. The molecule has 2 unspecified atom stereocenters. The van der Waals surface area contributed by atoms with E-state index in [1.807, 2.05) is 0 Å². The number of hydrogen-bond donors (Lipinski definition) is 1. The van der Waals surface area contributed by atoms with Crippen LogP contribution in [-0.2, 0) is 23.9 Å². The van der Waals surface area contributed by atoms with Crippen LogP contribution in [0, 0.1) is 11.8 Å². The lowest BCUT2D eigenvalue weighted by Crippen LogP contribution is -2.45. The molecule has 22 heavy (non-hydrogen) atoms. The van der Waals surface area contributed by atoms with E-state index >= 15 is 0 Å². The average Bonchev–Trinajstić information content (AvgIpc) is 2.50. The van der Waals surface area contributed by atoms with Crippen LogP contribution in [0.5, 0.6) is 0 Å². The van der Waals surface area contributed by atoms with Crippen LogP contribution in [-0.4, -0.2) is 36.5 Å². The standard InChI is InChI=1S/C16H27NO5/c1-10(2)15(19)13(9-21-11(3)18)22-16(20)14(17)12-7-5-4-6-8-12/h10,12-14H,4-9,17H2,1-3H3. The van der Waals surface area contributed by atoms with Crippen LogP contribution in [0.4, 0.5) is 0 Å². The summed E-state index contributed by atoms with van der Waals surface area (Å²) in [7, 11) is 0. The Kier molecular flexibility index (Phi) is 7.51. The minimum Gasteiger partial charge on any atom is -0.461 e. The maximum absolute atomic E-state index is 12.2. The van der Waals surface area contributed by atoms with Gasteiger partial charge in [-0.3, -0.25) is 14.4 Å². The average molecular weight is 313 g/mol. The van der Waals surface area contributed by atoms with Crippen molar-refractivity contribution >= 4 is 17.7 Å². The first-order chi connectivity index (χ1) is 10.3. The minimum absolute atomic E-state index is 0.102. The molecule has 126 valence electrons. The van der Waals surface area contributed by atoms with Gasteiger partial charge in [0.2, 0.25) is 0 Å². The van der Waals surface area contributed by atoms with Crippen LogP contribution in [0.15, 0.2) is 0 Å². The number of nitrogens with two attached hydrogens (primary N) is 1. The van der Waals surface area contributed by atoms with Gasteiger partial charge in [-0.25, -0.2) is 0 Å². The van der Waals surface area contributed by atoms with Gasteiger partial charge in [-0.2, -0.15) is 0 Å². The molecule has 0 spiro atoms. The highest BCUT2D eigenvalue weighted by molar-refractivity contribution is 5.88. The van der Waals surface area contributed by atoms with Gasteiger partial charge < -0.3 is 15.2 Å². The Balaban J connectivity index is 2.63. The predicted octanol–water partition coefficient (Wildman–Crippen LogP) is 1.59. The first-order valence-electron chi connectivity index (χ1n) is 7.96. The summed E-state index contributed by atoms with van der Waals surface area (Å²) in [5.41, 5.74) is 5.98. The Bertz CT molecular complexity index is 401. The fraction of sp³-hybridized carbons (Fsp3) is 0.812. The molecule has 2 N–H and O–H groups in total. The molecule has 2 atom stereocenters. The maximum atomic E-state index is 12.2. The topological polar surface area (TPSA) is 95.7 Å². The Morgan fingerprint density at radius 1 is 1.14 bits per heavy atom.